The van der Waals surface area contributed by atoms with Gasteiger partial charge in [-0.05, 0) is 30.7 Å². The number of hydrogen-bond donors (Lipinski definition) is 1. The minimum absolute atomic E-state index is 0.0403. The van der Waals surface area contributed by atoms with Gasteiger partial charge in [-0.2, -0.15) is 0 Å². The molecule has 0 spiro atoms. The molecular weight excluding hydrogens is 256 g/mol. The first-order valence-electron chi connectivity index (χ1n) is 6.59. The first kappa shape index (κ1) is 14.1. The molecule has 2 aromatic rings. The normalized spacial score (nSPS) is 10.3. The van der Waals surface area contributed by atoms with Crippen LogP contribution in [0.4, 0.5) is 0 Å². The van der Waals surface area contributed by atoms with Gasteiger partial charge in [0.25, 0.3) is 0 Å². The molecule has 0 fully saturated rings. The van der Waals surface area contributed by atoms with E-state index in [0.717, 1.165) is 17.7 Å². The molecule has 0 atom stereocenters. The third-order valence-corrected chi connectivity index (χ3v) is 2.85. The summed E-state index contributed by atoms with van der Waals surface area (Å²) in [6, 6.07) is 9.27. The summed E-state index contributed by atoms with van der Waals surface area (Å²) in [6.07, 6.45) is 1.15. The van der Waals surface area contributed by atoms with Crippen LogP contribution in [0, 0.1) is 0 Å². The lowest BCUT2D eigenvalue weighted by Crippen LogP contribution is -2.25. The summed E-state index contributed by atoms with van der Waals surface area (Å²) in [7, 11) is 1.62. The van der Waals surface area contributed by atoms with E-state index in [4.69, 9.17) is 9.26 Å². The Kier molecular flexibility index (Phi) is 4.76. The highest BCUT2D eigenvalue weighted by Gasteiger charge is 2.10. The number of carbonyl (C=O) groups excluding carboxylic acids is 1. The molecule has 20 heavy (non-hydrogen) atoms. The summed E-state index contributed by atoms with van der Waals surface area (Å²) >= 11 is 0. The number of nitrogens with one attached hydrogen (secondary N) is 1. The van der Waals surface area contributed by atoms with Crippen LogP contribution < -0.4 is 10.1 Å². The van der Waals surface area contributed by atoms with Gasteiger partial charge in [-0.25, -0.2) is 0 Å². The monoisotopic (exact) mass is 274 g/mol. The number of aromatic nitrogens is 1. The van der Waals surface area contributed by atoms with Crippen molar-refractivity contribution in [2.45, 2.75) is 19.8 Å². The number of carbonyl (C=O) groups is 1. The zero-order valence-corrected chi connectivity index (χ0v) is 11.7. The zero-order chi connectivity index (χ0) is 14.4. The predicted molar refractivity (Wildman–Crippen MR) is 75.5 cm³/mol. The quantitative estimate of drug-likeness (QED) is 0.878. The van der Waals surface area contributed by atoms with Gasteiger partial charge < -0.3 is 14.6 Å². The molecule has 5 nitrogen and oxygen atoms in total. The number of nitrogens with zero attached hydrogens (tertiary/aromatic N) is 1. The van der Waals surface area contributed by atoms with Gasteiger partial charge in [0.05, 0.1) is 19.2 Å². The van der Waals surface area contributed by atoms with Gasteiger partial charge in [0, 0.05) is 18.2 Å². The van der Waals surface area contributed by atoms with Crippen LogP contribution in [0.2, 0.25) is 0 Å². The van der Waals surface area contributed by atoms with Crippen LogP contribution in [0.15, 0.2) is 34.9 Å². The highest BCUT2D eigenvalue weighted by molar-refractivity contribution is 5.78. The van der Waals surface area contributed by atoms with E-state index >= 15 is 0 Å². The third-order valence-electron chi connectivity index (χ3n) is 2.85. The average molecular weight is 274 g/mol. The van der Waals surface area contributed by atoms with E-state index in [-0.39, 0.29) is 12.3 Å². The lowest BCUT2D eigenvalue weighted by molar-refractivity contribution is -0.120. The molecule has 1 aromatic carbocycles. The van der Waals surface area contributed by atoms with E-state index in [1.807, 2.05) is 31.2 Å². The van der Waals surface area contributed by atoms with E-state index in [9.17, 15) is 4.79 Å². The fourth-order valence-corrected chi connectivity index (χ4v) is 1.78. The standard InChI is InChI=1S/C15H18N2O3/c1-3-8-16-15(18)10-12-9-14(20-17-12)11-4-6-13(19-2)7-5-11/h4-7,9H,3,8,10H2,1-2H3,(H,16,18). The minimum atomic E-state index is -0.0403. The van der Waals surface area contributed by atoms with E-state index in [1.54, 1.807) is 13.2 Å². The maximum absolute atomic E-state index is 11.6. The Morgan fingerprint density at radius 3 is 2.75 bits per heavy atom. The summed E-state index contributed by atoms with van der Waals surface area (Å²) in [4.78, 5) is 11.6. The number of ether oxygens (including phenoxy) is 1. The number of benzene rings is 1. The summed E-state index contributed by atoms with van der Waals surface area (Å²) in [5.41, 5.74) is 1.53. The summed E-state index contributed by atoms with van der Waals surface area (Å²) in [5, 5.41) is 6.72. The molecule has 0 unspecified atom stereocenters. The minimum Gasteiger partial charge on any atom is -0.497 e. The summed E-state index contributed by atoms with van der Waals surface area (Å²) in [5.74, 6) is 1.39. The lowest BCUT2D eigenvalue weighted by Gasteiger charge is -2.00. The molecular formula is C15H18N2O3. The molecule has 0 aliphatic heterocycles. The Morgan fingerprint density at radius 2 is 2.10 bits per heavy atom. The molecule has 1 aromatic heterocycles. The van der Waals surface area contributed by atoms with Crippen molar-refractivity contribution in [1.29, 1.82) is 0 Å². The van der Waals surface area contributed by atoms with Crippen molar-refractivity contribution in [2.24, 2.45) is 0 Å². The van der Waals surface area contributed by atoms with Crippen LogP contribution in [0.1, 0.15) is 19.0 Å². The van der Waals surface area contributed by atoms with Crippen LogP contribution in [-0.2, 0) is 11.2 Å². The number of methoxy groups -OCH3 is 1. The maximum atomic E-state index is 11.6. The second kappa shape index (κ2) is 6.75. The Balaban J connectivity index is 2.02. The number of rotatable bonds is 6. The summed E-state index contributed by atoms with van der Waals surface area (Å²) < 4.78 is 10.4. The molecule has 1 heterocycles. The third kappa shape index (κ3) is 3.60. The van der Waals surface area contributed by atoms with E-state index in [0.29, 0.717) is 18.0 Å². The van der Waals surface area contributed by atoms with Crippen molar-refractivity contribution in [3.8, 4) is 17.1 Å². The average Bonchev–Trinajstić information content (AvgIpc) is 2.93. The van der Waals surface area contributed by atoms with Crippen molar-refractivity contribution in [3.63, 3.8) is 0 Å². The van der Waals surface area contributed by atoms with E-state index in [1.165, 1.54) is 0 Å². The number of hydrogen-bond acceptors (Lipinski definition) is 4. The molecule has 106 valence electrons. The van der Waals surface area contributed by atoms with Gasteiger partial charge in [-0.1, -0.05) is 12.1 Å². The van der Waals surface area contributed by atoms with Crippen LogP contribution in [0.5, 0.6) is 5.75 Å². The Hall–Kier alpha value is -2.30. The van der Waals surface area contributed by atoms with E-state index in [2.05, 4.69) is 10.5 Å². The molecule has 0 saturated heterocycles. The first-order valence-corrected chi connectivity index (χ1v) is 6.59. The van der Waals surface area contributed by atoms with Crippen LogP contribution >= 0.6 is 0 Å². The summed E-state index contributed by atoms with van der Waals surface area (Å²) in [6.45, 7) is 2.69. The molecule has 0 saturated carbocycles. The second-order valence-electron chi connectivity index (χ2n) is 4.44. The van der Waals surface area contributed by atoms with Gasteiger partial charge in [-0.3, -0.25) is 4.79 Å². The molecule has 0 bridgehead atoms. The Bertz CT molecular complexity index is 561. The highest BCUT2D eigenvalue weighted by atomic mass is 16.5. The van der Waals surface area contributed by atoms with E-state index < -0.39 is 0 Å². The molecule has 5 heteroatoms. The molecule has 1 amide bonds. The molecule has 2 rings (SSSR count). The van der Waals surface area contributed by atoms with Crippen molar-refractivity contribution < 1.29 is 14.1 Å². The molecule has 0 aliphatic carbocycles. The fraction of sp³-hybridized carbons (Fsp3) is 0.333. The molecule has 0 aliphatic rings. The largest absolute Gasteiger partial charge is 0.497 e. The lowest BCUT2D eigenvalue weighted by atomic mass is 10.1. The highest BCUT2D eigenvalue weighted by Crippen LogP contribution is 2.23. The van der Waals surface area contributed by atoms with Gasteiger partial charge in [0.15, 0.2) is 5.76 Å². The molecule has 0 radical (unpaired) electrons. The number of amides is 1. The van der Waals surface area contributed by atoms with Crippen LogP contribution in [0.25, 0.3) is 11.3 Å². The first-order chi connectivity index (χ1) is 9.72. The predicted octanol–water partition coefficient (Wildman–Crippen LogP) is 2.42. The zero-order valence-electron chi connectivity index (χ0n) is 11.7. The Labute approximate surface area is 117 Å². The smallest absolute Gasteiger partial charge is 0.226 e. The van der Waals surface area contributed by atoms with Crippen molar-refractivity contribution in [3.05, 3.63) is 36.0 Å². The van der Waals surface area contributed by atoms with Crippen molar-refractivity contribution in [1.82, 2.24) is 10.5 Å². The van der Waals surface area contributed by atoms with Crippen LogP contribution in [-0.4, -0.2) is 24.7 Å². The van der Waals surface area contributed by atoms with Gasteiger partial charge in [0.1, 0.15) is 5.75 Å². The second-order valence-corrected chi connectivity index (χ2v) is 4.44. The van der Waals surface area contributed by atoms with Gasteiger partial charge in [0.2, 0.25) is 5.91 Å². The van der Waals surface area contributed by atoms with Crippen molar-refractivity contribution in [2.75, 3.05) is 13.7 Å². The topological polar surface area (TPSA) is 64.4 Å². The van der Waals surface area contributed by atoms with Gasteiger partial charge >= 0.3 is 0 Å². The van der Waals surface area contributed by atoms with Gasteiger partial charge in [-0.15, -0.1) is 0 Å². The van der Waals surface area contributed by atoms with Crippen LogP contribution in [0.3, 0.4) is 0 Å². The fourth-order valence-electron chi connectivity index (χ4n) is 1.78. The SMILES string of the molecule is CCCNC(=O)Cc1cc(-c2ccc(OC)cc2)on1. The maximum Gasteiger partial charge on any atom is 0.226 e. The van der Waals surface area contributed by atoms with Crippen molar-refractivity contribution >= 4 is 5.91 Å². The Morgan fingerprint density at radius 1 is 1.35 bits per heavy atom. The molecule has 1 N–H and O–H groups in total.